The van der Waals surface area contributed by atoms with Crippen LogP contribution in [0.25, 0.3) is 0 Å². The molecule has 2 N–H and O–H groups in total. The Morgan fingerprint density at radius 2 is 1.28 bits per heavy atom. The second kappa shape index (κ2) is 15.3. The first kappa shape index (κ1) is 46.8. The first-order valence-electron chi connectivity index (χ1n) is 18.9. The van der Waals surface area contributed by atoms with Crippen LogP contribution >= 0.6 is 0 Å². The number of benzene rings is 2. The molecule has 1 aliphatic heterocycles. The number of carbonyl (C=O) groups excluding carboxylic acids is 3. The molecule has 2 fully saturated rings. The molecule has 0 spiro atoms. The van der Waals surface area contributed by atoms with Gasteiger partial charge >= 0.3 is 30.3 Å². The van der Waals surface area contributed by atoms with Gasteiger partial charge < -0.3 is 38.6 Å². The Morgan fingerprint density at radius 1 is 0.817 bits per heavy atom. The van der Waals surface area contributed by atoms with E-state index in [9.17, 15) is 37.8 Å². The number of methoxy groups -OCH3 is 3. The molecule has 2 unspecified atom stereocenters. The van der Waals surface area contributed by atoms with Crippen molar-refractivity contribution >= 4 is 17.9 Å². The third-order valence-corrected chi connectivity index (χ3v) is 13.3. The fourth-order valence-corrected chi connectivity index (χ4v) is 10.5. The number of esters is 3. The van der Waals surface area contributed by atoms with Gasteiger partial charge in [-0.05, 0) is 27.7 Å². The molecule has 12 atom stereocenters. The van der Waals surface area contributed by atoms with Crippen molar-refractivity contribution in [2.24, 2.45) is 22.2 Å². The van der Waals surface area contributed by atoms with Crippen molar-refractivity contribution in [2.75, 3.05) is 21.3 Å². The second-order valence-electron chi connectivity index (χ2n) is 16.8. The number of allylic oxidation sites excluding steroid dienone is 1. The molecular weight excluding hydrogens is 806 g/mol. The molecule has 3 aliphatic rings. The van der Waals surface area contributed by atoms with Crippen LogP contribution in [0.3, 0.4) is 0 Å². The minimum atomic E-state index is -5.41. The smallest absolute Gasteiger partial charge is 0.432 e. The van der Waals surface area contributed by atoms with E-state index in [1.165, 1.54) is 56.3 Å². The van der Waals surface area contributed by atoms with Crippen molar-refractivity contribution in [1.82, 2.24) is 0 Å². The van der Waals surface area contributed by atoms with Crippen LogP contribution in [0.1, 0.15) is 59.6 Å². The molecule has 60 heavy (non-hydrogen) atoms. The topological polar surface area (TPSA) is 147 Å². The van der Waals surface area contributed by atoms with Gasteiger partial charge in [-0.2, -0.15) is 26.3 Å². The number of alkyl halides is 6. The van der Waals surface area contributed by atoms with Crippen molar-refractivity contribution in [1.29, 1.82) is 0 Å². The number of aliphatic hydroxyl groups is 2. The summed E-state index contributed by atoms with van der Waals surface area (Å²) in [6.45, 7) is 9.93. The molecule has 1 saturated heterocycles. The quantitative estimate of drug-likeness (QED) is 0.0779. The zero-order valence-corrected chi connectivity index (χ0v) is 34.7. The van der Waals surface area contributed by atoms with Crippen molar-refractivity contribution in [2.45, 2.75) is 108 Å². The SMILES string of the molecule is COC(=O)/C=C/[C@]1(C)[C@H](OC(=O)[C@](OC)(c2ccccc2)C(F)(F)F)[C@](C)(O)[C@@H]2O[C@@H](C(C)(O)C(C)OC(=O)[C@](OC)(c3ccccc3)C(F)(F)F)[C@]3(C)C=C(C)[C@H]1[C@]23C. The molecule has 0 aromatic heterocycles. The fraction of sp³-hybridized carbons (Fsp3) is 0.558. The van der Waals surface area contributed by atoms with E-state index in [-0.39, 0.29) is 0 Å². The van der Waals surface area contributed by atoms with Gasteiger partial charge in [0.15, 0.2) is 0 Å². The molecule has 0 bridgehead atoms. The predicted octanol–water partition coefficient (Wildman–Crippen LogP) is 6.65. The van der Waals surface area contributed by atoms with Crippen LogP contribution in [0.4, 0.5) is 26.3 Å². The Labute approximate surface area is 343 Å². The van der Waals surface area contributed by atoms with Gasteiger partial charge in [-0.15, -0.1) is 0 Å². The third-order valence-electron chi connectivity index (χ3n) is 13.3. The lowest BCUT2D eigenvalue weighted by Gasteiger charge is -2.61. The molecule has 2 aromatic carbocycles. The van der Waals surface area contributed by atoms with Gasteiger partial charge in [-0.1, -0.05) is 99.2 Å². The fourth-order valence-electron chi connectivity index (χ4n) is 10.5. The summed E-state index contributed by atoms with van der Waals surface area (Å²) >= 11 is 0. The Bertz CT molecular complexity index is 2020. The maximum atomic E-state index is 15.2. The van der Waals surface area contributed by atoms with Crippen LogP contribution in [-0.2, 0) is 54.0 Å². The molecule has 2 aromatic rings. The number of hydrogen-bond acceptors (Lipinski definition) is 11. The molecule has 1 saturated carbocycles. The maximum absolute atomic E-state index is 15.2. The summed E-state index contributed by atoms with van der Waals surface area (Å²) in [5.74, 6) is -5.70. The molecule has 330 valence electrons. The zero-order valence-electron chi connectivity index (χ0n) is 34.7. The van der Waals surface area contributed by atoms with Crippen LogP contribution in [0.5, 0.6) is 0 Å². The lowest BCUT2D eigenvalue weighted by Crippen LogP contribution is -2.71. The van der Waals surface area contributed by atoms with Gasteiger partial charge in [-0.25, -0.2) is 14.4 Å². The standard InChI is InChI=1S/C43H50F6O11/c1-24-23-36(4)31(38(6,53)25(2)58-33(51)40(56-9,42(44,45)46)26-17-13-11-14-18-26)59-32-37(36,5)29(24)35(3,22-21-28(50)55-8)30(39(32,7)54)60-34(52)41(57-10,43(47,48)49)27-19-15-12-16-20-27/h11-23,25,29-32,53-54H,1-10H3/b22-21+/t25?,29-,30+,31-,32-,35+,36+,37-,38?,39+,40-,41-/m1/s1. The number of ether oxygens (including phenoxy) is 6. The second-order valence-corrected chi connectivity index (χ2v) is 16.8. The molecule has 1 heterocycles. The maximum Gasteiger partial charge on any atom is 0.432 e. The summed E-state index contributed by atoms with van der Waals surface area (Å²) in [5, 5.41) is 25.2. The normalized spacial score (nSPS) is 33.7. The first-order chi connectivity index (χ1) is 27.6. The number of carbonyl (C=O) groups is 3. The molecule has 2 aliphatic carbocycles. The van der Waals surface area contributed by atoms with E-state index in [0.29, 0.717) is 19.8 Å². The highest BCUT2D eigenvalue weighted by Gasteiger charge is 2.81. The van der Waals surface area contributed by atoms with Crippen molar-refractivity contribution < 1.29 is 79.4 Å². The van der Waals surface area contributed by atoms with Crippen molar-refractivity contribution in [3.63, 3.8) is 0 Å². The molecule has 5 rings (SSSR count). The van der Waals surface area contributed by atoms with E-state index in [0.717, 1.165) is 51.3 Å². The van der Waals surface area contributed by atoms with Crippen LogP contribution in [-0.4, -0.2) is 97.4 Å². The molecule has 0 radical (unpaired) electrons. The van der Waals surface area contributed by atoms with Gasteiger partial charge in [0.05, 0.1) is 19.3 Å². The molecule has 0 amide bonds. The van der Waals surface area contributed by atoms with Gasteiger partial charge in [0.1, 0.15) is 23.4 Å². The largest absolute Gasteiger partial charge is 0.466 e. The van der Waals surface area contributed by atoms with E-state index >= 15 is 13.2 Å². The molecule has 11 nitrogen and oxygen atoms in total. The number of halogens is 6. The predicted molar refractivity (Wildman–Crippen MR) is 200 cm³/mol. The van der Waals surface area contributed by atoms with E-state index in [4.69, 9.17) is 28.4 Å². The summed E-state index contributed by atoms with van der Waals surface area (Å²) < 4.78 is 123. The molecule has 17 heteroatoms. The average Bonchev–Trinajstić information content (AvgIpc) is 3.52. The summed E-state index contributed by atoms with van der Waals surface area (Å²) in [5.41, 5.74) is -17.5. The van der Waals surface area contributed by atoms with E-state index in [1.807, 2.05) is 0 Å². The Kier molecular flexibility index (Phi) is 11.9. The van der Waals surface area contributed by atoms with E-state index in [1.54, 1.807) is 26.8 Å². The summed E-state index contributed by atoms with van der Waals surface area (Å²) in [6, 6.07) is 12.0. The highest BCUT2D eigenvalue weighted by molar-refractivity contribution is 5.84. The van der Waals surface area contributed by atoms with E-state index in [2.05, 4.69) is 0 Å². The monoisotopic (exact) mass is 856 g/mol. The highest BCUT2D eigenvalue weighted by Crippen LogP contribution is 2.74. The van der Waals surface area contributed by atoms with Gasteiger partial charge in [0.2, 0.25) is 0 Å². The Morgan fingerprint density at radius 3 is 1.72 bits per heavy atom. The third kappa shape index (κ3) is 6.48. The van der Waals surface area contributed by atoms with E-state index < -0.39 is 110 Å². The van der Waals surface area contributed by atoms with Crippen LogP contribution in [0.15, 0.2) is 84.5 Å². The first-order valence-corrected chi connectivity index (χ1v) is 18.9. The minimum Gasteiger partial charge on any atom is -0.466 e. The van der Waals surface area contributed by atoms with Gasteiger partial charge in [0.25, 0.3) is 11.2 Å². The minimum absolute atomic E-state index is 0.503. The number of rotatable bonds is 12. The Hall–Kier alpha value is -4.29. The average molecular weight is 857 g/mol. The lowest BCUT2D eigenvalue weighted by atomic mass is 9.44. The Balaban J connectivity index is 1.65. The summed E-state index contributed by atoms with van der Waals surface area (Å²) in [7, 11) is 2.45. The van der Waals surface area contributed by atoms with Crippen molar-refractivity contribution in [3.05, 3.63) is 95.6 Å². The summed E-state index contributed by atoms with van der Waals surface area (Å²) in [4.78, 5) is 40.6. The van der Waals surface area contributed by atoms with Gasteiger partial charge in [-0.3, -0.25) is 0 Å². The van der Waals surface area contributed by atoms with Crippen LogP contribution in [0.2, 0.25) is 0 Å². The van der Waals surface area contributed by atoms with Crippen LogP contribution < -0.4 is 0 Å². The lowest BCUT2D eigenvalue weighted by molar-refractivity contribution is -0.297. The number of hydrogen-bond donors (Lipinski definition) is 2. The van der Waals surface area contributed by atoms with Crippen LogP contribution in [0, 0.1) is 22.2 Å². The summed E-state index contributed by atoms with van der Waals surface area (Å²) in [6.07, 6.45) is -13.6. The van der Waals surface area contributed by atoms with Gasteiger partial charge in [0, 0.05) is 53.6 Å². The van der Waals surface area contributed by atoms with Crippen molar-refractivity contribution in [3.8, 4) is 0 Å². The molecular formula is C43H50F6O11. The zero-order chi connectivity index (χ0) is 45.3. The highest BCUT2D eigenvalue weighted by atomic mass is 19.4.